The zero-order valence-electron chi connectivity index (χ0n) is 18.8. The van der Waals surface area contributed by atoms with Gasteiger partial charge in [-0.05, 0) is 44.4 Å². The molecule has 0 amide bonds. The van der Waals surface area contributed by atoms with Gasteiger partial charge < -0.3 is 20.4 Å². The van der Waals surface area contributed by atoms with Crippen molar-refractivity contribution >= 4 is 35.6 Å². The zero-order chi connectivity index (χ0) is 23.0. The number of hydrogen-bond acceptors (Lipinski definition) is 7. The first kappa shape index (κ1) is 22.1. The number of para-hydroxylation sites is 1. The van der Waals surface area contributed by atoms with E-state index in [4.69, 9.17) is 15.6 Å². The van der Waals surface area contributed by atoms with Crippen LogP contribution in [0.15, 0.2) is 36.5 Å². The highest BCUT2D eigenvalue weighted by Crippen LogP contribution is 2.44. The summed E-state index contributed by atoms with van der Waals surface area (Å²) >= 11 is 0. The van der Waals surface area contributed by atoms with Crippen molar-refractivity contribution < 1.29 is 14.1 Å². The number of ketones is 1. The van der Waals surface area contributed by atoms with Crippen LogP contribution in [0.1, 0.15) is 42.6 Å². The molecule has 0 atom stereocenters. The Kier molecular flexibility index (Phi) is 5.82. The number of rotatable bonds is 8. The van der Waals surface area contributed by atoms with E-state index in [1.165, 1.54) is 6.20 Å². The maximum absolute atomic E-state index is 12.9. The van der Waals surface area contributed by atoms with E-state index in [1.807, 2.05) is 28.9 Å². The number of Topliss-reactive ketones (excluding diaryl/α,β-unsaturated/α-hetero) is 1. The number of carbonyl (C=O) groups excluding carboxylic acids is 1. The molecule has 2 aromatic heterocycles. The Hall–Kier alpha value is -3.12. The molecular weight excluding hydrogens is 425 g/mol. The largest absolute Gasteiger partial charge is 0.494 e. The van der Waals surface area contributed by atoms with Gasteiger partial charge in [0.1, 0.15) is 13.0 Å². The summed E-state index contributed by atoms with van der Waals surface area (Å²) in [5.41, 5.74) is 9.82. The molecular formula is C23H28N5O3P. The normalized spacial score (nSPS) is 13.8. The molecule has 0 radical (unpaired) electrons. The number of hydrogen-bond donors (Lipinski definition) is 2. The molecule has 0 bridgehead atoms. The van der Waals surface area contributed by atoms with Crippen molar-refractivity contribution in [2.45, 2.75) is 32.2 Å². The number of methoxy groups -OCH3 is 1. The highest BCUT2D eigenvalue weighted by Gasteiger charge is 2.31. The molecule has 1 aromatic carbocycles. The van der Waals surface area contributed by atoms with Crippen molar-refractivity contribution in [2.75, 3.05) is 31.5 Å². The summed E-state index contributed by atoms with van der Waals surface area (Å²) in [5.74, 6) is 0.848. The average Bonchev–Trinajstić information content (AvgIpc) is 3.50. The highest BCUT2D eigenvalue weighted by molar-refractivity contribution is 7.69. The van der Waals surface area contributed by atoms with Crippen LogP contribution in [0, 0.1) is 0 Å². The lowest BCUT2D eigenvalue weighted by atomic mass is 10.1. The van der Waals surface area contributed by atoms with Gasteiger partial charge in [0.05, 0.1) is 41.2 Å². The Bertz CT molecular complexity index is 1230. The molecule has 0 unspecified atom stereocenters. The molecule has 168 valence electrons. The Morgan fingerprint density at radius 1 is 1.28 bits per heavy atom. The van der Waals surface area contributed by atoms with Crippen LogP contribution in [-0.4, -0.2) is 41.0 Å². The maximum Gasteiger partial charge on any atom is 0.166 e. The van der Waals surface area contributed by atoms with Crippen LogP contribution < -0.4 is 21.2 Å². The molecule has 2 heterocycles. The molecule has 1 aliphatic rings. The molecule has 0 aliphatic heterocycles. The fourth-order valence-electron chi connectivity index (χ4n) is 3.70. The molecule has 3 aromatic rings. The van der Waals surface area contributed by atoms with Crippen molar-refractivity contribution in [1.29, 1.82) is 0 Å². The van der Waals surface area contributed by atoms with E-state index < -0.39 is 7.14 Å². The molecule has 8 nitrogen and oxygen atoms in total. The SMILES string of the molecule is CCC(=O)c1cnc(N)cc1Nc1cccc(-c2cc(P(C)(C)=O)n(C3CC3)n2)c1OC. The van der Waals surface area contributed by atoms with Crippen LogP contribution in [0.4, 0.5) is 17.2 Å². The van der Waals surface area contributed by atoms with Gasteiger partial charge in [0.15, 0.2) is 11.5 Å². The Balaban J connectivity index is 1.79. The van der Waals surface area contributed by atoms with Gasteiger partial charge in [-0.25, -0.2) is 4.98 Å². The number of ether oxygens (including phenoxy) is 1. The van der Waals surface area contributed by atoms with Crippen LogP contribution in [0.2, 0.25) is 0 Å². The summed E-state index contributed by atoms with van der Waals surface area (Å²) in [5, 5.41) is 8.08. The third-order valence-electron chi connectivity index (χ3n) is 5.47. The van der Waals surface area contributed by atoms with Gasteiger partial charge in [-0.1, -0.05) is 13.0 Å². The van der Waals surface area contributed by atoms with Crippen molar-refractivity contribution in [3.05, 3.63) is 42.1 Å². The second-order valence-corrected chi connectivity index (χ2v) is 11.5. The molecule has 0 spiro atoms. The van der Waals surface area contributed by atoms with Crippen molar-refractivity contribution in [1.82, 2.24) is 14.8 Å². The summed E-state index contributed by atoms with van der Waals surface area (Å²) < 4.78 is 20.6. The van der Waals surface area contributed by atoms with Crippen LogP contribution in [-0.2, 0) is 4.57 Å². The van der Waals surface area contributed by atoms with Gasteiger partial charge in [-0.15, -0.1) is 0 Å². The summed E-state index contributed by atoms with van der Waals surface area (Å²) in [6.07, 6.45) is 3.94. The second-order valence-electron chi connectivity index (χ2n) is 8.36. The number of carbonyl (C=O) groups is 1. The van der Waals surface area contributed by atoms with Crippen LogP contribution >= 0.6 is 7.14 Å². The number of nitrogens with two attached hydrogens (primary N) is 1. The summed E-state index contributed by atoms with van der Waals surface area (Å²) in [6, 6.07) is 9.52. The topological polar surface area (TPSA) is 112 Å². The highest BCUT2D eigenvalue weighted by atomic mass is 31.2. The molecule has 1 saturated carbocycles. The standard InChI is InChI=1S/C23H28N5O3P/c1-5-20(29)16-13-25-21(24)11-18(16)26-17-8-6-7-15(23(17)31-2)19-12-22(32(3,4)30)28(27-19)14-9-10-14/h6-8,11-14H,5,9-10H2,1-4H3,(H3,24,25,26). The summed E-state index contributed by atoms with van der Waals surface area (Å²) in [4.78, 5) is 16.5. The number of nitrogens with one attached hydrogen (secondary N) is 1. The first-order valence-corrected chi connectivity index (χ1v) is 13.2. The first-order valence-electron chi connectivity index (χ1n) is 10.6. The molecule has 3 N–H and O–H groups in total. The third-order valence-corrected chi connectivity index (χ3v) is 6.91. The van der Waals surface area contributed by atoms with E-state index in [0.717, 1.165) is 23.8 Å². The minimum absolute atomic E-state index is 0.0374. The Morgan fingerprint density at radius 2 is 2.03 bits per heavy atom. The lowest BCUT2D eigenvalue weighted by molar-refractivity contribution is 0.0988. The minimum atomic E-state index is -2.50. The van der Waals surface area contributed by atoms with Gasteiger partial charge in [0, 0.05) is 24.2 Å². The predicted octanol–water partition coefficient (Wildman–Crippen LogP) is 4.46. The van der Waals surface area contributed by atoms with Crippen LogP contribution in [0.5, 0.6) is 5.75 Å². The minimum Gasteiger partial charge on any atom is -0.494 e. The quantitative estimate of drug-likeness (QED) is 0.383. The van der Waals surface area contributed by atoms with Gasteiger partial charge in [-0.2, -0.15) is 5.10 Å². The molecule has 1 aliphatic carbocycles. The number of anilines is 3. The van der Waals surface area contributed by atoms with Gasteiger partial charge in [0.25, 0.3) is 0 Å². The van der Waals surface area contributed by atoms with Crippen LogP contribution in [0.3, 0.4) is 0 Å². The number of nitrogen functional groups attached to an aromatic ring is 1. The average molecular weight is 453 g/mol. The van der Waals surface area contributed by atoms with E-state index >= 15 is 0 Å². The third kappa shape index (κ3) is 4.28. The Morgan fingerprint density at radius 3 is 2.66 bits per heavy atom. The fraction of sp³-hybridized carbons (Fsp3) is 0.348. The zero-order valence-corrected chi connectivity index (χ0v) is 19.6. The number of nitrogens with zero attached hydrogens (tertiary/aromatic N) is 3. The van der Waals surface area contributed by atoms with E-state index in [2.05, 4.69) is 10.3 Å². The van der Waals surface area contributed by atoms with Gasteiger partial charge in [0.2, 0.25) is 0 Å². The second kappa shape index (κ2) is 8.43. The van der Waals surface area contributed by atoms with Crippen molar-refractivity contribution in [2.24, 2.45) is 0 Å². The lowest BCUT2D eigenvalue weighted by Gasteiger charge is -2.16. The summed E-state index contributed by atoms with van der Waals surface area (Å²) in [7, 11) is -0.911. The van der Waals surface area contributed by atoms with E-state index in [0.29, 0.717) is 46.7 Å². The smallest absolute Gasteiger partial charge is 0.166 e. The van der Waals surface area contributed by atoms with Crippen LogP contribution in [0.25, 0.3) is 11.3 Å². The molecule has 9 heteroatoms. The first-order chi connectivity index (χ1) is 15.2. The fourth-order valence-corrected chi connectivity index (χ4v) is 4.83. The van der Waals surface area contributed by atoms with Crippen molar-refractivity contribution in [3.63, 3.8) is 0 Å². The number of aromatic nitrogens is 3. The van der Waals surface area contributed by atoms with E-state index in [9.17, 15) is 9.36 Å². The molecule has 32 heavy (non-hydrogen) atoms. The predicted molar refractivity (Wildman–Crippen MR) is 128 cm³/mol. The Labute approximate surface area is 187 Å². The number of pyridine rings is 1. The number of benzene rings is 1. The monoisotopic (exact) mass is 453 g/mol. The lowest BCUT2D eigenvalue weighted by Crippen LogP contribution is -2.16. The summed E-state index contributed by atoms with van der Waals surface area (Å²) in [6.45, 7) is 5.33. The van der Waals surface area contributed by atoms with E-state index in [-0.39, 0.29) is 5.78 Å². The molecule has 4 rings (SSSR count). The van der Waals surface area contributed by atoms with Gasteiger partial charge >= 0.3 is 0 Å². The molecule has 1 fully saturated rings. The maximum atomic E-state index is 12.9. The van der Waals surface area contributed by atoms with E-state index in [1.54, 1.807) is 33.4 Å². The molecule has 0 saturated heterocycles. The van der Waals surface area contributed by atoms with Crippen molar-refractivity contribution in [3.8, 4) is 17.0 Å². The van der Waals surface area contributed by atoms with Gasteiger partial charge in [-0.3, -0.25) is 9.48 Å².